The van der Waals surface area contributed by atoms with Crippen LogP contribution in [0.4, 0.5) is 5.69 Å². The van der Waals surface area contributed by atoms with E-state index in [1.54, 1.807) is 0 Å². The van der Waals surface area contributed by atoms with Crippen molar-refractivity contribution in [3.05, 3.63) is 91.0 Å². The summed E-state index contributed by atoms with van der Waals surface area (Å²) in [6, 6.07) is 28.8. The van der Waals surface area contributed by atoms with Crippen LogP contribution in [-0.2, 0) is 4.79 Å². The van der Waals surface area contributed by atoms with Gasteiger partial charge in [0.25, 0.3) is 0 Å². The van der Waals surface area contributed by atoms with Gasteiger partial charge in [-0.25, -0.2) is 0 Å². The molecule has 0 aliphatic carbocycles. The molecule has 0 bridgehead atoms. The summed E-state index contributed by atoms with van der Waals surface area (Å²) in [5, 5.41) is 13.2. The van der Waals surface area contributed by atoms with E-state index in [0.29, 0.717) is 16.6 Å². The van der Waals surface area contributed by atoms with Gasteiger partial charge in [0.1, 0.15) is 11.5 Å². The van der Waals surface area contributed by atoms with E-state index in [0.717, 1.165) is 22.3 Å². The summed E-state index contributed by atoms with van der Waals surface area (Å²) < 4.78 is 7.75. The average Bonchev–Trinajstić information content (AvgIpc) is 3.23. The third kappa shape index (κ3) is 4.22. The van der Waals surface area contributed by atoms with Crippen molar-refractivity contribution >= 4 is 39.9 Å². The molecule has 0 fully saturated rings. The van der Waals surface area contributed by atoms with Gasteiger partial charge in [-0.3, -0.25) is 9.20 Å². The molecule has 5 rings (SSSR count). The highest BCUT2D eigenvalue weighted by Gasteiger charge is 2.12. The predicted octanol–water partition coefficient (Wildman–Crippen LogP) is 5.41. The van der Waals surface area contributed by atoms with Crippen LogP contribution in [0.1, 0.15) is 0 Å². The van der Waals surface area contributed by atoms with Crippen molar-refractivity contribution in [2.45, 2.75) is 5.16 Å². The monoisotopic (exact) mass is 426 g/mol. The van der Waals surface area contributed by atoms with E-state index in [2.05, 4.69) is 15.5 Å². The van der Waals surface area contributed by atoms with Gasteiger partial charge in [0, 0.05) is 5.69 Å². The number of para-hydroxylation sites is 2. The van der Waals surface area contributed by atoms with Crippen molar-refractivity contribution in [1.29, 1.82) is 0 Å². The second-order valence-electron chi connectivity index (χ2n) is 6.84. The van der Waals surface area contributed by atoms with Crippen molar-refractivity contribution in [3.63, 3.8) is 0 Å². The van der Waals surface area contributed by atoms with Gasteiger partial charge in [0.05, 0.1) is 11.3 Å². The third-order valence-corrected chi connectivity index (χ3v) is 5.63. The van der Waals surface area contributed by atoms with E-state index in [4.69, 9.17) is 4.74 Å². The number of amides is 1. The third-order valence-electron chi connectivity index (χ3n) is 4.70. The highest BCUT2D eigenvalue weighted by molar-refractivity contribution is 7.99. The summed E-state index contributed by atoms with van der Waals surface area (Å²) in [5.41, 5.74) is 2.49. The van der Waals surface area contributed by atoms with Gasteiger partial charge in [0.2, 0.25) is 5.91 Å². The Kier molecular flexibility index (Phi) is 5.24. The molecular weight excluding hydrogens is 408 g/mol. The van der Waals surface area contributed by atoms with Crippen LogP contribution in [0.15, 0.2) is 96.2 Å². The lowest BCUT2D eigenvalue weighted by Gasteiger charge is -2.08. The first-order chi connectivity index (χ1) is 15.3. The topological polar surface area (TPSA) is 68.5 Å². The largest absolute Gasteiger partial charge is 0.457 e. The van der Waals surface area contributed by atoms with E-state index in [1.807, 2.05) is 95.4 Å². The SMILES string of the molecule is O=C(CSc1nnc2ccc3ccccc3n12)Nc1ccc(Oc2ccccc2)cc1. The Morgan fingerprint density at radius 2 is 1.58 bits per heavy atom. The summed E-state index contributed by atoms with van der Waals surface area (Å²) in [5.74, 6) is 1.59. The van der Waals surface area contributed by atoms with Gasteiger partial charge in [-0.05, 0) is 60.0 Å². The fraction of sp³-hybridized carbons (Fsp3) is 0.0417. The number of anilines is 1. The number of hydrogen-bond donors (Lipinski definition) is 1. The Balaban J connectivity index is 1.24. The first-order valence-electron chi connectivity index (χ1n) is 9.75. The predicted molar refractivity (Wildman–Crippen MR) is 123 cm³/mol. The summed E-state index contributed by atoms with van der Waals surface area (Å²) in [7, 11) is 0. The fourth-order valence-corrected chi connectivity index (χ4v) is 4.02. The Morgan fingerprint density at radius 1 is 0.839 bits per heavy atom. The number of pyridine rings is 1. The number of nitrogens with one attached hydrogen (secondary N) is 1. The van der Waals surface area contributed by atoms with E-state index >= 15 is 0 Å². The van der Waals surface area contributed by atoms with Crippen LogP contribution in [0.5, 0.6) is 11.5 Å². The number of hydrogen-bond acceptors (Lipinski definition) is 5. The standard InChI is InChI=1S/C24H18N4O2S/c29-23(25-18-11-13-20(14-12-18)30-19-7-2-1-3-8-19)16-31-24-27-26-22-15-10-17-6-4-5-9-21(17)28(22)24/h1-15H,16H2,(H,25,29). The van der Waals surface area contributed by atoms with E-state index < -0.39 is 0 Å². The highest BCUT2D eigenvalue weighted by Crippen LogP contribution is 2.25. The molecule has 0 aliphatic rings. The minimum absolute atomic E-state index is 0.112. The van der Waals surface area contributed by atoms with E-state index in [-0.39, 0.29) is 11.7 Å². The number of thioether (sulfide) groups is 1. The van der Waals surface area contributed by atoms with Crippen molar-refractivity contribution in [2.75, 3.05) is 11.1 Å². The van der Waals surface area contributed by atoms with Gasteiger partial charge in [-0.2, -0.15) is 0 Å². The van der Waals surface area contributed by atoms with Crippen LogP contribution >= 0.6 is 11.8 Å². The maximum absolute atomic E-state index is 12.5. The number of aromatic nitrogens is 3. The molecule has 0 spiro atoms. The van der Waals surface area contributed by atoms with Crippen LogP contribution in [0, 0.1) is 0 Å². The van der Waals surface area contributed by atoms with Gasteiger partial charge in [-0.15, -0.1) is 10.2 Å². The molecule has 2 heterocycles. The zero-order valence-corrected chi connectivity index (χ0v) is 17.3. The van der Waals surface area contributed by atoms with Gasteiger partial charge < -0.3 is 10.1 Å². The molecule has 31 heavy (non-hydrogen) atoms. The number of carbonyl (C=O) groups excluding carboxylic acids is 1. The lowest BCUT2D eigenvalue weighted by molar-refractivity contribution is -0.113. The Hall–Kier alpha value is -3.84. The van der Waals surface area contributed by atoms with Gasteiger partial charge >= 0.3 is 0 Å². The summed E-state index contributed by atoms with van der Waals surface area (Å²) in [6.07, 6.45) is 0. The van der Waals surface area contributed by atoms with Crippen molar-refractivity contribution in [3.8, 4) is 11.5 Å². The van der Waals surface area contributed by atoms with E-state index in [1.165, 1.54) is 11.8 Å². The molecule has 6 nitrogen and oxygen atoms in total. The molecular formula is C24H18N4O2S. The number of ether oxygens (including phenoxy) is 1. The summed E-state index contributed by atoms with van der Waals surface area (Å²) in [4.78, 5) is 12.5. The lowest BCUT2D eigenvalue weighted by Crippen LogP contribution is -2.14. The molecule has 2 aromatic heterocycles. The molecule has 0 saturated heterocycles. The van der Waals surface area contributed by atoms with Crippen molar-refractivity contribution in [1.82, 2.24) is 14.6 Å². The number of benzene rings is 3. The van der Waals surface area contributed by atoms with Gasteiger partial charge in [-0.1, -0.05) is 48.2 Å². The normalized spacial score (nSPS) is 11.0. The molecule has 5 aromatic rings. The van der Waals surface area contributed by atoms with Crippen molar-refractivity contribution < 1.29 is 9.53 Å². The first kappa shape index (κ1) is 19.1. The maximum Gasteiger partial charge on any atom is 0.234 e. The molecule has 0 atom stereocenters. The number of nitrogens with zero attached hydrogens (tertiary/aromatic N) is 3. The van der Waals surface area contributed by atoms with Crippen LogP contribution in [-0.4, -0.2) is 26.3 Å². The average molecular weight is 427 g/mol. The Labute approximate surface area is 182 Å². The number of rotatable bonds is 6. The fourth-order valence-electron chi connectivity index (χ4n) is 3.26. The molecule has 0 aliphatic heterocycles. The van der Waals surface area contributed by atoms with Crippen LogP contribution in [0.2, 0.25) is 0 Å². The number of fused-ring (bicyclic) bond motifs is 3. The molecule has 152 valence electrons. The molecule has 0 unspecified atom stereocenters. The molecule has 0 radical (unpaired) electrons. The second kappa shape index (κ2) is 8.49. The zero-order valence-electron chi connectivity index (χ0n) is 16.4. The Bertz CT molecular complexity index is 1350. The second-order valence-corrected chi connectivity index (χ2v) is 7.79. The molecule has 3 aromatic carbocycles. The van der Waals surface area contributed by atoms with E-state index in [9.17, 15) is 4.79 Å². The smallest absolute Gasteiger partial charge is 0.234 e. The highest BCUT2D eigenvalue weighted by atomic mass is 32.2. The maximum atomic E-state index is 12.5. The molecule has 0 saturated carbocycles. The minimum Gasteiger partial charge on any atom is -0.457 e. The van der Waals surface area contributed by atoms with Crippen LogP contribution in [0.25, 0.3) is 16.6 Å². The summed E-state index contributed by atoms with van der Waals surface area (Å²) >= 11 is 1.36. The molecule has 1 N–H and O–H groups in total. The van der Waals surface area contributed by atoms with Crippen molar-refractivity contribution in [2.24, 2.45) is 0 Å². The molecule has 7 heteroatoms. The number of carbonyl (C=O) groups is 1. The van der Waals surface area contributed by atoms with Crippen LogP contribution in [0.3, 0.4) is 0 Å². The molecule has 1 amide bonds. The first-order valence-corrected chi connectivity index (χ1v) is 10.7. The van der Waals surface area contributed by atoms with Crippen LogP contribution < -0.4 is 10.1 Å². The summed E-state index contributed by atoms with van der Waals surface area (Å²) in [6.45, 7) is 0. The Morgan fingerprint density at radius 3 is 2.42 bits per heavy atom. The quantitative estimate of drug-likeness (QED) is 0.368. The minimum atomic E-state index is -0.112. The lowest BCUT2D eigenvalue weighted by atomic mass is 10.2. The zero-order chi connectivity index (χ0) is 21.0. The van der Waals surface area contributed by atoms with Gasteiger partial charge in [0.15, 0.2) is 10.8 Å².